The number of aromatic nitrogens is 1. The molecule has 0 spiro atoms. The maximum absolute atomic E-state index is 11.7. The summed E-state index contributed by atoms with van der Waals surface area (Å²) < 4.78 is 16.2. The van der Waals surface area contributed by atoms with E-state index < -0.39 is 6.86 Å². The number of hydrogen-bond donors (Lipinski definition) is 0. The minimum atomic E-state index is -0.882. The minimum Gasteiger partial charge on any atom is -0.461 e. The van der Waals surface area contributed by atoms with Crippen molar-refractivity contribution in [2.75, 3.05) is 6.86 Å². The first-order valence-corrected chi connectivity index (χ1v) is 3.33. The van der Waals surface area contributed by atoms with E-state index >= 15 is 0 Å². The average molecular weight is 166 g/mol. The molecule has 0 amide bonds. The van der Waals surface area contributed by atoms with E-state index in [0.29, 0.717) is 17.0 Å². The number of ether oxygens (including phenoxy) is 1. The Balaban J connectivity index is 2.96. The molecule has 1 rings (SSSR count). The van der Waals surface area contributed by atoms with E-state index in [9.17, 15) is 4.39 Å². The van der Waals surface area contributed by atoms with Gasteiger partial charge in [0, 0.05) is 0 Å². The molecule has 0 atom stereocenters. The molecule has 0 unspecified atom stereocenters. The van der Waals surface area contributed by atoms with Crippen LogP contribution in [0.2, 0.25) is 0 Å². The Kier molecular flexibility index (Phi) is 2.59. The second kappa shape index (κ2) is 3.67. The second-order valence-corrected chi connectivity index (χ2v) is 2.20. The molecule has 4 heteroatoms. The summed E-state index contributed by atoms with van der Waals surface area (Å²) in [5.74, 6) is 0.342. The molecule has 0 N–H and O–H groups in total. The van der Waals surface area contributed by atoms with E-state index in [-0.39, 0.29) is 0 Å². The Bertz CT molecular complexity index is 319. The summed E-state index contributed by atoms with van der Waals surface area (Å²) in [7, 11) is 0. The third-order valence-electron chi connectivity index (χ3n) is 1.38. The summed E-state index contributed by atoms with van der Waals surface area (Å²) in [5.41, 5.74) is 1.02. The van der Waals surface area contributed by atoms with Crippen LogP contribution in [0, 0.1) is 18.3 Å². The van der Waals surface area contributed by atoms with Crippen molar-refractivity contribution in [3.63, 3.8) is 0 Å². The molecule has 0 fully saturated rings. The second-order valence-electron chi connectivity index (χ2n) is 2.20. The lowest BCUT2D eigenvalue weighted by molar-refractivity contribution is 0.191. The van der Waals surface area contributed by atoms with Gasteiger partial charge in [0.1, 0.15) is 17.5 Å². The molecule has 3 nitrogen and oxygen atoms in total. The van der Waals surface area contributed by atoms with Crippen LogP contribution in [0.25, 0.3) is 0 Å². The van der Waals surface area contributed by atoms with Gasteiger partial charge in [0.25, 0.3) is 0 Å². The predicted octanol–water partition coefficient (Wildman–Crippen LogP) is 1.57. The lowest BCUT2D eigenvalue weighted by Crippen LogP contribution is -1.94. The first kappa shape index (κ1) is 8.47. The van der Waals surface area contributed by atoms with E-state index in [4.69, 9.17) is 5.26 Å². The van der Waals surface area contributed by atoms with Gasteiger partial charge in [0.15, 0.2) is 0 Å². The molecular weight excluding hydrogens is 159 g/mol. The van der Waals surface area contributed by atoms with Gasteiger partial charge in [-0.2, -0.15) is 5.26 Å². The van der Waals surface area contributed by atoms with Gasteiger partial charge in [0.05, 0.1) is 6.20 Å². The standard InChI is InChI=1S/C8H7FN2O/c1-6-2-7(12-5-9)4-11-8(6)3-10/h2,4H,5H2,1H3. The zero-order valence-electron chi connectivity index (χ0n) is 6.54. The van der Waals surface area contributed by atoms with Crippen LogP contribution in [0.5, 0.6) is 5.75 Å². The molecule has 0 aliphatic heterocycles. The Labute approximate surface area is 69.4 Å². The van der Waals surface area contributed by atoms with Gasteiger partial charge in [-0.1, -0.05) is 0 Å². The molecule has 0 aliphatic carbocycles. The maximum Gasteiger partial charge on any atom is 0.228 e. The Hall–Kier alpha value is -1.63. The molecule has 1 aromatic heterocycles. The van der Waals surface area contributed by atoms with Crippen molar-refractivity contribution in [1.29, 1.82) is 5.26 Å². The molecule has 0 aliphatic rings. The zero-order valence-corrected chi connectivity index (χ0v) is 6.54. The summed E-state index contributed by atoms with van der Waals surface area (Å²) in [4.78, 5) is 3.76. The van der Waals surface area contributed by atoms with Crippen LogP contribution in [-0.4, -0.2) is 11.8 Å². The van der Waals surface area contributed by atoms with E-state index in [2.05, 4.69) is 9.72 Å². The normalized spacial score (nSPS) is 9.08. The fraction of sp³-hybridized carbons (Fsp3) is 0.250. The predicted molar refractivity (Wildman–Crippen MR) is 40.3 cm³/mol. The van der Waals surface area contributed by atoms with Gasteiger partial charge < -0.3 is 4.74 Å². The molecular formula is C8H7FN2O. The van der Waals surface area contributed by atoms with Crippen molar-refractivity contribution in [3.05, 3.63) is 23.5 Å². The van der Waals surface area contributed by atoms with Crippen molar-refractivity contribution >= 4 is 0 Å². The van der Waals surface area contributed by atoms with Crippen molar-refractivity contribution in [2.45, 2.75) is 6.92 Å². The molecule has 0 bridgehead atoms. The largest absolute Gasteiger partial charge is 0.461 e. The highest BCUT2D eigenvalue weighted by Crippen LogP contribution is 2.13. The molecule has 0 radical (unpaired) electrons. The molecule has 0 saturated carbocycles. The fourth-order valence-corrected chi connectivity index (χ4v) is 0.808. The molecule has 12 heavy (non-hydrogen) atoms. The Morgan fingerprint density at radius 1 is 1.75 bits per heavy atom. The SMILES string of the molecule is Cc1cc(OCF)cnc1C#N. The Morgan fingerprint density at radius 2 is 2.50 bits per heavy atom. The molecule has 1 heterocycles. The summed E-state index contributed by atoms with van der Waals surface area (Å²) >= 11 is 0. The monoisotopic (exact) mass is 166 g/mol. The van der Waals surface area contributed by atoms with Crippen molar-refractivity contribution in [3.8, 4) is 11.8 Å². The van der Waals surface area contributed by atoms with Crippen LogP contribution < -0.4 is 4.74 Å². The van der Waals surface area contributed by atoms with E-state index in [1.165, 1.54) is 6.20 Å². The average Bonchev–Trinajstić information content (AvgIpc) is 2.05. The van der Waals surface area contributed by atoms with Crippen LogP contribution in [0.4, 0.5) is 4.39 Å². The molecule has 0 aromatic carbocycles. The number of pyridine rings is 1. The number of alkyl halides is 1. The third kappa shape index (κ3) is 1.70. The minimum absolute atomic E-state index is 0.334. The molecule has 1 aromatic rings. The van der Waals surface area contributed by atoms with Gasteiger partial charge >= 0.3 is 0 Å². The number of hydrogen-bond acceptors (Lipinski definition) is 3. The summed E-state index contributed by atoms with van der Waals surface area (Å²) in [6, 6.07) is 3.48. The van der Waals surface area contributed by atoms with Crippen molar-refractivity contribution < 1.29 is 9.13 Å². The maximum atomic E-state index is 11.7. The first-order valence-electron chi connectivity index (χ1n) is 3.33. The summed E-state index contributed by atoms with van der Waals surface area (Å²) in [6.45, 7) is 0.837. The number of rotatable bonds is 2. The number of nitrogens with zero attached hydrogens (tertiary/aromatic N) is 2. The van der Waals surface area contributed by atoms with E-state index in [0.717, 1.165) is 0 Å². The van der Waals surface area contributed by atoms with Crippen LogP contribution in [-0.2, 0) is 0 Å². The van der Waals surface area contributed by atoms with Crippen LogP contribution >= 0.6 is 0 Å². The Morgan fingerprint density at radius 3 is 3.00 bits per heavy atom. The highest BCUT2D eigenvalue weighted by atomic mass is 19.1. The quantitative estimate of drug-likeness (QED) is 0.669. The highest BCUT2D eigenvalue weighted by molar-refractivity contribution is 5.34. The zero-order chi connectivity index (χ0) is 8.97. The van der Waals surface area contributed by atoms with Gasteiger partial charge in [-0.15, -0.1) is 0 Å². The smallest absolute Gasteiger partial charge is 0.228 e. The third-order valence-corrected chi connectivity index (χ3v) is 1.38. The topological polar surface area (TPSA) is 45.9 Å². The van der Waals surface area contributed by atoms with Gasteiger partial charge in [-0.25, -0.2) is 9.37 Å². The van der Waals surface area contributed by atoms with Crippen molar-refractivity contribution in [2.24, 2.45) is 0 Å². The molecule has 62 valence electrons. The van der Waals surface area contributed by atoms with Gasteiger partial charge in [0.2, 0.25) is 6.86 Å². The number of aryl methyl sites for hydroxylation is 1. The summed E-state index contributed by atoms with van der Waals surface area (Å²) in [6.07, 6.45) is 1.32. The first-order chi connectivity index (χ1) is 5.77. The van der Waals surface area contributed by atoms with Crippen LogP contribution in [0.15, 0.2) is 12.3 Å². The summed E-state index contributed by atoms with van der Waals surface area (Å²) in [5, 5.41) is 8.51. The van der Waals surface area contributed by atoms with E-state index in [1.807, 2.05) is 6.07 Å². The van der Waals surface area contributed by atoms with Crippen LogP contribution in [0.1, 0.15) is 11.3 Å². The lowest BCUT2D eigenvalue weighted by atomic mass is 10.2. The highest BCUT2D eigenvalue weighted by Gasteiger charge is 2.00. The van der Waals surface area contributed by atoms with E-state index in [1.54, 1.807) is 13.0 Å². The molecule has 0 saturated heterocycles. The van der Waals surface area contributed by atoms with Gasteiger partial charge in [-0.3, -0.25) is 0 Å². The lowest BCUT2D eigenvalue weighted by Gasteiger charge is -2.01. The van der Waals surface area contributed by atoms with Gasteiger partial charge in [-0.05, 0) is 18.6 Å². The number of halogens is 1. The van der Waals surface area contributed by atoms with Crippen molar-refractivity contribution in [1.82, 2.24) is 4.98 Å². The van der Waals surface area contributed by atoms with Crippen LogP contribution in [0.3, 0.4) is 0 Å². The fourth-order valence-electron chi connectivity index (χ4n) is 0.808. The number of nitriles is 1.